The Balaban J connectivity index is 3.00. The highest BCUT2D eigenvalue weighted by Crippen LogP contribution is 2.13. The molecule has 0 aromatic heterocycles. The Bertz CT molecular complexity index is 506. The zero-order valence-electron chi connectivity index (χ0n) is 9.82. The van der Waals surface area contributed by atoms with Crippen molar-refractivity contribution in [1.82, 2.24) is 0 Å². The second-order valence-electron chi connectivity index (χ2n) is 3.76. The molecular formula is C10H14N2O4S. The van der Waals surface area contributed by atoms with E-state index in [1.54, 1.807) is 26.0 Å². The molecule has 0 spiro atoms. The molecule has 0 saturated carbocycles. The lowest BCUT2D eigenvalue weighted by molar-refractivity contribution is -0.793. The fourth-order valence-electron chi connectivity index (χ4n) is 1.04. The van der Waals surface area contributed by atoms with Crippen molar-refractivity contribution in [1.29, 1.82) is 0 Å². The molecule has 0 unspecified atom stereocenters. The molecule has 1 rings (SSSR count). The van der Waals surface area contributed by atoms with Gasteiger partial charge < -0.3 is 4.84 Å². The third-order valence-corrected chi connectivity index (χ3v) is 3.01. The second-order valence-corrected chi connectivity index (χ2v) is 5.35. The van der Waals surface area contributed by atoms with Gasteiger partial charge in [0.2, 0.25) is 0 Å². The molecule has 0 aliphatic carbocycles. The van der Waals surface area contributed by atoms with Crippen LogP contribution in [0, 0.1) is 12.1 Å². The van der Waals surface area contributed by atoms with Crippen LogP contribution in [-0.4, -0.2) is 19.5 Å². The van der Waals surface area contributed by atoms with Crippen molar-refractivity contribution in [2.24, 2.45) is 4.52 Å². The topological polar surface area (TPSA) is 81.8 Å². The van der Waals surface area contributed by atoms with E-state index in [-0.39, 0.29) is 9.92 Å². The molecule has 7 heteroatoms. The molecule has 6 nitrogen and oxygen atoms in total. The highest BCUT2D eigenvalue weighted by atomic mass is 32.2. The zero-order valence-corrected chi connectivity index (χ0v) is 10.6. The van der Waals surface area contributed by atoms with Gasteiger partial charge in [0.15, 0.2) is 9.54 Å². The maximum Gasteiger partial charge on any atom is 0.342 e. The van der Waals surface area contributed by atoms with Crippen LogP contribution in [0.2, 0.25) is 0 Å². The van der Waals surface area contributed by atoms with Crippen LogP contribution in [0.5, 0.6) is 0 Å². The minimum absolute atomic E-state index is 0.0451. The van der Waals surface area contributed by atoms with E-state index in [0.29, 0.717) is 0 Å². The molecule has 0 amide bonds. The van der Waals surface area contributed by atoms with E-state index >= 15 is 0 Å². The van der Waals surface area contributed by atoms with Gasteiger partial charge in [-0.1, -0.05) is 17.7 Å². The summed E-state index contributed by atoms with van der Waals surface area (Å²) in [6, 6.07) is 6.02. The summed E-state index contributed by atoms with van der Waals surface area (Å²) < 4.78 is 26.3. The standard InChI is InChI=1S/C10H14N2O4S/c1-8(2)16-12(13)11-17(14,15)10-6-4-9(3)5-7-10/h4-8H,1-3H3/b12-11-. The van der Waals surface area contributed by atoms with Crippen molar-refractivity contribution in [3.8, 4) is 0 Å². The van der Waals surface area contributed by atoms with Crippen LogP contribution in [-0.2, 0) is 14.9 Å². The predicted molar refractivity (Wildman–Crippen MR) is 60.6 cm³/mol. The normalized spacial score (nSPS) is 12.8. The van der Waals surface area contributed by atoms with Crippen LogP contribution < -0.4 is 0 Å². The van der Waals surface area contributed by atoms with Crippen LogP contribution in [0.4, 0.5) is 0 Å². The molecular weight excluding hydrogens is 244 g/mol. The van der Waals surface area contributed by atoms with Gasteiger partial charge >= 0.3 is 10.0 Å². The summed E-state index contributed by atoms with van der Waals surface area (Å²) in [5.41, 5.74) is 0.918. The second kappa shape index (κ2) is 5.13. The monoisotopic (exact) mass is 258 g/mol. The predicted octanol–water partition coefficient (Wildman–Crippen LogP) is 1.99. The van der Waals surface area contributed by atoms with E-state index in [2.05, 4.69) is 9.36 Å². The molecule has 94 valence electrons. The molecule has 17 heavy (non-hydrogen) atoms. The first-order valence-corrected chi connectivity index (χ1v) is 6.44. The van der Waals surface area contributed by atoms with E-state index in [9.17, 15) is 13.6 Å². The summed E-state index contributed by atoms with van der Waals surface area (Å²) in [5.74, 6) is 0. The van der Waals surface area contributed by atoms with Gasteiger partial charge in [-0.15, -0.1) is 0 Å². The van der Waals surface area contributed by atoms with Gasteiger partial charge in [-0.25, -0.2) is 5.21 Å². The smallest absolute Gasteiger partial charge is 0.342 e. The Labute approximate surface area is 100 Å². The third-order valence-electron chi connectivity index (χ3n) is 1.79. The van der Waals surface area contributed by atoms with Crippen molar-refractivity contribution >= 4 is 10.0 Å². The van der Waals surface area contributed by atoms with Crippen molar-refractivity contribution in [3.05, 3.63) is 35.0 Å². The number of benzene rings is 1. The van der Waals surface area contributed by atoms with Crippen molar-refractivity contribution in [2.45, 2.75) is 31.8 Å². The van der Waals surface area contributed by atoms with Crippen LogP contribution in [0.1, 0.15) is 19.4 Å². The summed E-state index contributed by atoms with van der Waals surface area (Å²) in [4.78, 5) is 4.52. The van der Waals surface area contributed by atoms with Gasteiger partial charge in [0.25, 0.3) is 0 Å². The van der Waals surface area contributed by atoms with Crippen LogP contribution >= 0.6 is 0 Å². The molecule has 0 fully saturated rings. The van der Waals surface area contributed by atoms with Gasteiger partial charge in [0.1, 0.15) is 0 Å². The number of rotatable bonds is 4. The molecule has 1 aromatic rings. The quantitative estimate of drug-likeness (QED) is 0.610. The number of hydrogen-bond donors (Lipinski definition) is 0. The fraction of sp³-hybridized carbons (Fsp3) is 0.400. The van der Waals surface area contributed by atoms with Crippen molar-refractivity contribution in [3.63, 3.8) is 0 Å². The van der Waals surface area contributed by atoms with Crippen molar-refractivity contribution < 1.29 is 18.3 Å². The van der Waals surface area contributed by atoms with E-state index in [1.807, 2.05) is 6.92 Å². The van der Waals surface area contributed by atoms with E-state index < -0.39 is 16.1 Å². The van der Waals surface area contributed by atoms with Gasteiger partial charge in [0.05, 0.1) is 11.0 Å². The van der Waals surface area contributed by atoms with Crippen molar-refractivity contribution in [2.75, 3.05) is 0 Å². The molecule has 0 saturated heterocycles. The zero-order chi connectivity index (χ0) is 13.1. The average Bonchev–Trinajstić information content (AvgIpc) is 2.15. The Kier molecular flexibility index (Phi) is 4.06. The molecule has 0 aliphatic rings. The Morgan fingerprint density at radius 2 is 1.82 bits per heavy atom. The van der Waals surface area contributed by atoms with E-state index in [0.717, 1.165) is 5.56 Å². The average molecular weight is 258 g/mol. The molecule has 0 aliphatic heterocycles. The first-order chi connectivity index (χ1) is 7.81. The minimum Gasteiger partial charge on any atom is -0.377 e. The molecule has 1 aromatic carbocycles. The highest BCUT2D eigenvalue weighted by molar-refractivity contribution is 7.89. The van der Waals surface area contributed by atoms with E-state index in [4.69, 9.17) is 0 Å². The number of aryl methyl sites for hydroxylation is 1. The molecule has 0 bridgehead atoms. The fourth-order valence-corrected chi connectivity index (χ4v) is 1.83. The lowest BCUT2D eigenvalue weighted by atomic mass is 10.2. The van der Waals surface area contributed by atoms with Crippen LogP contribution in [0.3, 0.4) is 0 Å². The van der Waals surface area contributed by atoms with Gasteiger partial charge in [0, 0.05) is 0 Å². The Morgan fingerprint density at radius 3 is 2.29 bits per heavy atom. The number of sulfonamides is 1. The minimum atomic E-state index is -4.01. The first kappa shape index (κ1) is 13.4. The summed E-state index contributed by atoms with van der Waals surface area (Å²) in [5, 5.41) is 10.8. The lowest BCUT2D eigenvalue weighted by Crippen LogP contribution is -2.12. The molecule has 0 heterocycles. The third kappa shape index (κ3) is 4.03. The largest absolute Gasteiger partial charge is 0.377 e. The lowest BCUT2D eigenvalue weighted by Gasteiger charge is -2.05. The molecule has 0 radical (unpaired) electrons. The van der Waals surface area contributed by atoms with Crippen LogP contribution in [0.15, 0.2) is 33.7 Å². The number of nitrogens with zero attached hydrogens (tertiary/aromatic N) is 2. The van der Waals surface area contributed by atoms with Gasteiger partial charge in [-0.05, 0) is 32.9 Å². The van der Waals surface area contributed by atoms with E-state index in [1.165, 1.54) is 12.1 Å². The molecule has 0 N–H and O–H groups in total. The summed E-state index contributed by atoms with van der Waals surface area (Å²) in [6.07, 6.45) is -0.440. The maximum absolute atomic E-state index is 11.6. The van der Waals surface area contributed by atoms with Crippen LogP contribution in [0.25, 0.3) is 0 Å². The summed E-state index contributed by atoms with van der Waals surface area (Å²) in [7, 11) is -4.01. The maximum atomic E-state index is 11.6. The Morgan fingerprint density at radius 1 is 1.29 bits per heavy atom. The van der Waals surface area contributed by atoms with Gasteiger partial charge in [-0.3, -0.25) is 0 Å². The summed E-state index contributed by atoms with van der Waals surface area (Å²) >= 11 is 0. The highest BCUT2D eigenvalue weighted by Gasteiger charge is 2.18. The Hall–Kier alpha value is -1.63. The molecule has 0 atom stereocenters. The first-order valence-electron chi connectivity index (χ1n) is 5.00. The van der Waals surface area contributed by atoms with Gasteiger partial charge in [-0.2, -0.15) is 8.42 Å². The SMILES string of the molecule is Cc1ccc(S(=O)(=O)/N=[N+](/[O-])OC(C)C)cc1. The summed E-state index contributed by atoms with van der Waals surface area (Å²) in [6.45, 7) is 5.02. The number of hydrogen-bond acceptors (Lipinski definition) is 4.